The molecular formula is C21H29N3O4. The summed E-state index contributed by atoms with van der Waals surface area (Å²) >= 11 is 0. The molecule has 0 aliphatic heterocycles. The van der Waals surface area contributed by atoms with Crippen LogP contribution in [0.2, 0.25) is 0 Å². The first-order valence-corrected chi connectivity index (χ1v) is 10.1. The third-order valence-corrected chi connectivity index (χ3v) is 5.50. The van der Waals surface area contributed by atoms with E-state index >= 15 is 0 Å². The maximum absolute atomic E-state index is 12.8. The van der Waals surface area contributed by atoms with Gasteiger partial charge in [0.05, 0.1) is 6.54 Å². The molecule has 152 valence electrons. The van der Waals surface area contributed by atoms with E-state index in [0.29, 0.717) is 29.0 Å². The molecule has 1 atom stereocenters. The standard InChI is InChI=1S/C21H29N3O4/c1-5-8-13(2)16-11-14(3)18(21(26)27-16)20(25)24(4)12-17-22-19(28-23-17)15-9-6-7-10-15/h11,13,15H,5-10,12H2,1-4H3. The number of carbonyl (C=O) groups is 1. The molecule has 0 bridgehead atoms. The fraction of sp³-hybridized carbons (Fsp3) is 0.619. The van der Waals surface area contributed by atoms with Crippen LogP contribution in [0.1, 0.15) is 97.6 Å². The van der Waals surface area contributed by atoms with Crippen LogP contribution in [-0.4, -0.2) is 28.0 Å². The van der Waals surface area contributed by atoms with Gasteiger partial charge in [-0.1, -0.05) is 38.3 Å². The van der Waals surface area contributed by atoms with Gasteiger partial charge < -0.3 is 13.8 Å². The number of carbonyl (C=O) groups excluding carboxylic acids is 1. The van der Waals surface area contributed by atoms with Gasteiger partial charge in [0.1, 0.15) is 11.3 Å². The molecule has 1 fully saturated rings. The molecule has 2 aromatic rings. The monoisotopic (exact) mass is 387 g/mol. The van der Waals surface area contributed by atoms with Gasteiger partial charge in [-0.25, -0.2) is 4.79 Å². The molecule has 1 aliphatic rings. The van der Waals surface area contributed by atoms with E-state index in [0.717, 1.165) is 25.7 Å². The van der Waals surface area contributed by atoms with Crippen molar-refractivity contribution in [2.24, 2.45) is 0 Å². The van der Waals surface area contributed by atoms with Crippen LogP contribution in [0.3, 0.4) is 0 Å². The second-order valence-corrected chi connectivity index (χ2v) is 7.88. The van der Waals surface area contributed by atoms with Crippen molar-refractivity contribution < 1.29 is 13.7 Å². The lowest BCUT2D eigenvalue weighted by molar-refractivity contribution is 0.0774. The minimum Gasteiger partial charge on any atom is -0.427 e. The van der Waals surface area contributed by atoms with E-state index in [4.69, 9.17) is 8.94 Å². The fourth-order valence-electron chi connectivity index (χ4n) is 3.85. The van der Waals surface area contributed by atoms with Crippen molar-refractivity contribution in [2.75, 3.05) is 7.05 Å². The van der Waals surface area contributed by atoms with Crippen molar-refractivity contribution in [3.8, 4) is 0 Å². The van der Waals surface area contributed by atoms with E-state index < -0.39 is 11.5 Å². The number of hydrogen-bond donors (Lipinski definition) is 0. The second-order valence-electron chi connectivity index (χ2n) is 7.88. The summed E-state index contributed by atoms with van der Waals surface area (Å²) in [6.45, 7) is 6.06. The quantitative estimate of drug-likeness (QED) is 0.708. The average Bonchev–Trinajstić information content (AvgIpc) is 3.32. The Morgan fingerprint density at radius 1 is 1.36 bits per heavy atom. The van der Waals surface area contributed by atoms with E-state index in [1.165, 1.54) is 17.7 Å². The molecule has 1 unspecified atom stereocenters. The summed E-state index contributed by atoms with van der Waals surface area (Å²) in [7, 11) is 1.63. The van der Waals surface area contributed by atoms with Crippen LogP contribution in [0.5, 0.6) is 0 Å². The van der Waals surface area contributed by atoms with Crippen molar-refractivity contribution in [3.05, 3.63) is 45.1 Å². The summed E-state index contributed by atoms with van der Waals surface area (Å²) in [6.07, 6.45) is 6.43. The number of aryl methyl sites for hydroxylation is 1. The molecule has 28 heavy (non-hydrogen) atoms. The van der Waals surface area contributed by atoms with Gasteiger partial charge in [0.2, 0.25) is 5.89 Å². The molecule has 1 saturated carbocycles. The van der Waals surface area contributed by atoms with E-state index in [1.54, 1.807) is 20.0 Å². The Kier molecular flexibility index (Phi) is 6.31. The maximum atomic E-state index is 12.8. The maximum Gasteiger partial charge on any atom is 0.349 e. The Morgan fingerprint density at radius 2 is 2.07 bits per heavy atom. The van der Waals surface area contributed by atoms with E-state index in [9.17, 15) is 9.59 Å². The van der Waals surface area contributed by atoms with Crippen LogP contribution < -0.4 is 5.63 Å². The fourth-order valence-corrected chi connectivity index (χ4v) is 3.85. The summed E-state index contributed by atoms with van der Waals surface area (Å²) < 4.78 is 10.8. The SMILES string of the molecule is CCCC(C)c1cc(C)c(C(=O)N(C)Cc2noc(C3CCCC3)n2)c(=O)o1. The largest absolute Gasteiger partial charge is 0.427 e. The Morgan fingerprint density at radius 3 is 2.71 bits per heavy atom. The number of rotatable bonds is 7. The predicted molar refractivity (Wildman–Crippen MR) is 104 cm³/mol. The molecule has 1 aliphatic carbocycles. The number of hydrogen-bond acceptors (Lipinski definition) is 6. The number of nitrogens with zero attached hydrogens (tertiary/aromatic N) is 3. The van der Waals surface area contributed by atoms with Crippen molar-refractivity contribution in [1.29, 1.82) is 0 Å². The molecule has 7 nitrogen and oxygen atoms in total. The molecular weight excluding hydrogens is 358 g/mol. The average molecular weight is 387 g/mol. The molecule has 1 amide bonds. The molecule has 2 aromatic heterocycles. The highest BCUT2D eigenvalue weighted by Gasteiger charge is 2.25. The molecule has 0 spiro atoms. The first-order valence-electron chi connectivity index (χ1n) is 10.1. The normalized spacial score (nSPS) is 15.7. The van der Waals surface area contributed by atoms with Crippen LogP contribution >= 0.6 is 0 Å². The first kappa shape index (κ1) is 20.3. The molecule has 7 heteroatoms. The van der Waals surface area contributed by atoms with E-state index in [2.05, 4.69) is 17.1 Å². The lowest BCUT2D eigenvalue weighted by Gasteiger charge is -2.17. The smallest absolute Gasteiger partial charge is 0.349 e. The highest BCUT2D eigenvalue weighted by molar-refractivity contribution is 5.94. The molecule has 0 saturated heterocycles. The van der Waals surface area contributed by atoms with Crippen LogP contribution in [0.25, 0.3) is 0 Å². The summed E-state index contributed by atoms with van der Waals surface area (Å²) in [5.41, 5.74) is 0.106. The Bertz CT molecular complexity index is 880. The van der Waals surface area contributed by atoms with Gasteiger partial charge >= 0.3 is 5.63 Å². The van der Waals surface area contributed by atoms with Gasteiger partial charge in [-0.3, -0.25) is 4.79 Å². The van der Waals surface area contributed by atoms with Crippen molar-refractivity contribution in [1.82, 2.24) is 15.0 Å². The van der Waals surface area contributed by atoms with Gasteiger partial charge in [0, 0.05) is 18.9 Å². The van der Waals surface area contributed by atoms with Gasteiger partial charge in [-0.15, -0.1) is 0 Å². The third-order valence-electron chi connectivity index (χ3n) is 5.50. The predicted octanol–water partition coefficient (Wildman–Crippen LogP) is 4.16. The van der Waals surface area contributed by atoms with Crippen LogP contribution in [-0.2, 0) is 6.54 Å². The summed E-state index contributed by atoms with van der Waals surface area (Å²) in [6, 6.07) is 1.80. The molecule has 2 heterocycles. The minimum atomic E-state index is -0.588. The number of amides is 1. The summed E-state index contributed by atoms with van der Waals surface area (Å²) in [5.74, 6) is 1.81. The van der Waals surface area contributed by atoms with E-state index in [1.807, 2.05) is 6.92 Å². The zero-order valence-electron chi connectivity index (χ0n) is 17.2. The van der Waals surface area contributed by atoms with Crippen molar-refractivity contribution in [2.45, 2.75) is 77.7 Å². The van der Waals surface area contributed by atoms with Gasteiger partial charge in [0.15, 0.2) is 5.82 Å². The first-order chi connectivity index (χ1) is 13.4. The topological polar surface area (TPSA) is 89.4 Å². The molecule has 0 N–H and O–H groups in total. The summed E-state index contributed by atoms with van der Waals surface area (Å²) in [5, 5.41) is 4.00. The van der Waals surface area contributed by atoms with Gasteiger partial charge in [-0.2, -0.15) is 4.98 Å². The zero-order valence-corrected chi connectivity index (χ0v) is 17.2. The molecule has 3 rings (SSSR count). The third kappa shape index (κ3) is 4.34. The molecule has 0 aromatic carbocycles. The van der Waals surface area contributed by atoms with Crippen LogP contribution in [0.15, 0.2) is 19.8 Å². The van der Waals surface area contributed by atoms with Gasteiger partial charge in [-0.05, 0) is 37.8 Å². The highest BCUT2D eigenvalue weighted by atomic mass is 16.5. The Labute approximate surface area is 165 Å². The van der Waals surface area contributed by atoms with Gasteiger partial charge in [0.25, 0.3) is 5.91 Å². The second kappa shape index (κ2) is 8.71. The Hall–Kier alpha value is -2.44. The Balaban J connectivity index is 1.73. The summed E-state index contributed by atoms with van der Waals surface area (Å²) in [4.78, 5) is 31.2. The lowest BCUT2D eigenvalue weighted by Crippen LogP contribution is -2.32. The zero-order chi connectivity index (χ0) is 20.3. The van der Waals surface area contributed by atoms with Crippen molar-refractivity contribution in [3.63, 3.8) is 0 Å². The van der Waals surface area contributed by atoms with Crippen molar-refractivity contribution >= 4 is 5.91 Å². The lowest BCUT2D eigenvalue weighted by atomic mass is 10.0. The molecule has 0 radical (unpaired) electrons. The van der Waals surface area contributed by atoms with E-state index in [-0.39, 0.29) is 18.0 Å². The van der Waals surface area contributed by atoms with Crippen LogP contribution in [0, 0.1) is 6.92 Å². The minimum absolute atomic E-state index is 0.0643. The number of aromatic nitrogens is 2. The highest BCUT2D eigenvalue weighted by Crippen LogP contribution is 2.33. The van der Waals surface area contributed by atoms with Crippen LogP contribution in [0.4, 0.5) is 0 Å².